The van der Waals surface area contributed by atoms with Crippen LogP contribution < -0.4 is 11.3 Å². The van der Waals surface area contributed by atoms with Gasteiger partial charge >= 0.3 is 0 Å². The van der Waals surface area contributed by atoms with E-state index in [-0.39, 0.29) is 53.4 Å². The van der Waals surface area contributed by atoms with Crippen LogP contribution in [0.2, 0.25) is 0 Å². The fraction of sp³-hybridized carbons (Fsp3) is 0.350. The SMILES string of the molecule is C1CCCCC1.CO.NC(=O)c1c[nH]n2c(=O)cc(-c3ccccc3)nc12.O.[U]. The Kier molecular flexibility index (Phi) is 13.2. The number of primary amides is 1. The molecule has 0 aliphatic heterocycles. The number of fused-ring (bicyclic) bond motifs is 1. The van der Waals surface area contributed by atoms with Gasteiger partial charge in [0.05, 0.1) is 5.69 Å². The van der Waals surface area contributed by atoms with Crippen molar-refractivity contribution in [2.45, 2.75) is 38.5 Å². The number of nitrogens with one attached hydrogen (secondary N) is 1. The molecule has 2 aromatic heterocycles. The molecule has 1 fully saturated rings. The van der Waals surface area contributed by atoms with Crippen LogP contribution in [0.4, 0.5) is 0 Å². The second-order valence-corrected chi connectivity index (χ2v) is 6.18. The Morgan fingerprint density at radius 3 is 2.07 bits per heavy atom. The fourth-order valence-electron chi connectivity index (χ4n) is 2.98. The van der Waals surface area contributed by atoms with Gasteiger partial charge in [-0.3, -0.25) is 14.7 Å². The number of hydrogen-bond acceptors (Lipinski definition) is 4. The predicted octanol–water partition coefficient (Wildman–Crippen LogP) is 1.91. The van der Waals surface area contributed by atoms with Crippen LogP contribution in [0, 0.1) is 31.1 Å². The zero-order valence-corrected chi connectivity index (χ0v) is 20.7. The Labute approximate surface area is 193 Å². The first-order chi connectivity index (χ1) is 13.2. The van der Waals surface area contributed by atoms with Gasteiger partial charge in [0.2, 0.25) is 0 Å². The molecule has 0 radical (unpaired) electrons. The van der Waals surface area contributed by atoms with E-state index in [1.807, 2.05) is 30.3 Å². The average Bonchev–Trinajstić information content (AvgIpc) is 3.17. The van der Waals surface area contributed by atoms with Crippen LogP contribution >= 0.6 is 0 Å². The number of amides is 1. The number of rotatable bonds is 2. The minimum Gasteiger partial charge on any atom is -0.412 e. The summed E-state index contributed by atoms with van der Waals surface area (Å²) in [4.78, 5) is 27.5. The molecule has 0 saturated heterocycles. The largest absolute Gasteiger partial charge is 0.412 e. The third-order valence-electron chi connectivity index (χ3n) is 4.33. The number of aliphatic hydroxyl groups is 1. The molecule has 1 amide bonds. The molecule has 29 heavy (non-hydrogen) atoms. The third-order valence-corrected chi connectivity index (χ3v) is 4.33. The summed E-state index contributed by atoms with van der Waals surface area (Å²) in [5.74, 6) is -0.629. The quantitative estimate of drug-likeness (QED) is 0.399. The van der Waals surface area contributed by atoms with Gasteiger partial charge < -0.3 is 16.3 Å². The Morgan fingerprint density at radius 1 is 1.07 bits per heavy atom. The van der Waals surface area contributed by atoms with Gasteiger partial charge in [0.15, 0.2) is 5.65 Å². The molecule has 0 unspecified atom stereocenters. The van der Waals surface area contributed by atoms with E-state index in [4.69, 9.17) is 10.8 Å². The Hall–Kier alpha value is -1.92. The van der Waals surface area contributed by atoms with Gasteiger partial charge in [-0.25, -0.2) is 9.50 Å². The van der Waals surface area contributed by atoms with Crippen molar-refractivity contribution >= 4 is 11.6 Å². The van der Waals surface area contributed by atoms with E-state index in [1.165, 1.54) is 55.3 Å². The first-order valence-electron chi connectivity index (χ1n) is 9.08. The molecule has 2 heterocycles. The second-order valence-electron chi connectivity index (χ2n) is 6.18. The Bertz CT molecular complexity index is 910. The van der Waals surface area contributed by atoms with Crippen molar-refractivity contribution in [1.82, 2.24) is 14.6 Å². The zero-order valence-electron chi connectivity index (χ0n) is 16.5. The van der Waals surface area contributed by atoms with Crippen molar-refractivity contribution in [2.75, 3.05) is 7.11 Å². The monoisotopic (exact) mass is 626 g/mol. The van der Waals surface area contributed by atoms with E-state index < -0.39 is 5.91 Å². The maximum absolute atomic E-state index is 11.9. The molecule has 0 spiro atoms. The van der Waals surface area contributed by atoms with Crippen molar-refractivity contribution in [3.8, 4) is 11.3 Å². The average molecular weight is 626 g/mol. The number of carbonyl (C=O) groups is 1. The van der Waals surface area contributed by atoms with Crippen LogP contribution in [0.3, 0.4) is 0 Å². The van der Waals surface area contributed by atoms with Crippen LogP contribution in [0.5, 0.6) is 0 Å². The molecule has 4 rings (SSSR count). The standard InChI is InChI=1S/C13H10N4O2.C6H12.CH4O.H2O.U/c14-12(19)9-7-15-17-11(18)6-10(16-13(9)17)8-4-2-1-3-5-8;1-2-4-6-5-3-1;1-2;;/h1-7,15H,(H2,14,19);1-6H2;2H,1H3;1H2;. The van der Waals surface area contributed by atoms with Gasteiger partial charge in [-0.2, -0.15) is 0 Å². The van der Waals surface area contributed by atoms with Crippen molar-refractivity contribution in [3.05, 3.63) is 58.5 Å². The van der Waals surface area contributed by atoms with E-state index in [0.717, 1.165) is 12.7 Å². The van der Waals surface area contributed by atoms with E-state index in [0.29, 0.717) is 5.69 Å². The van der Waals surface area contributed by atoms with Crippen LogP contribution in [0.1, 0.15) is 48.9 Å². The number of nitrogens with two attached hydrogens (primary N) is 1. The third kappa shape index (κ3) is 7.44. The molecule has 0 bridgehead atoms. The molecule has 1 aliphatic carbocycles. The molecule has 156 valence electrons. The number of aromatic amines is 1. The molecule has 6 N–H and O–H groups in total. The van der Waals surface area contributed by atoms with Gasteiger partial charge in [-0.05, 0) is 0 Å². The van der Waals surface area contributed by atoms with E-state index >= 15 is 0 Å². The molecule has 9 heteroatoms. The van der Waals surface area contributed by atoms with E-state index in [2.05, 4.69) is 10.1 Å². The van der Waals surface area contributed by atoms with Gasteiger partial charge in [-0.1, -0.05) is 68.9 Å². The van der Waals surface area contributed by atoms with Crippen molar-refractivity contribution < 1.29 is 46.5 Å². The summed E-state index contributed by atoms with van der Waals surface area (Å²) in [6.07, 6.45) is 10.4. The summed E-state index contributed by atoms with van der Waals surface area (Å²) in [7, 11) is 1.00. The molecule has 1 aliphatic rings. The summed E-state index contributed by atoms with van der Waals surface area (Å²) >= 11 is 0. The Morgan fingerprint density at radius 2 is 1.59 bits per heavy atom. The maximum atomic E-state index is 11.9. The minimum absolute atomic E-state index is 0. The smallest absolute Gasteiger partial charge is 0.273 e. The van der Waals surface area contributed by atoms with Gasteiger partial charge in [0.1, 0.15) is 5.56 Å². The van der Waals surface area contributed by atoms with Gasteiger partial charge in [-0.15, -0.1) is 0 Å². The molecule has 3 aromatic rings. The van der Waals surface area contributed by atoms with E-state index in [9.17, 15) is 9.59 Å². The number of aliphatic hydroxyl groups excluding tert-OH is 1. The normalized spacial score (nSPS) is 12.2. The second kappa shape index (κ2) is 14.1. The van der Waals surface area contributed by atoms with Crippen LogP contribution in [-0.4, -0.2) is 38.2 Å². The summed E-state index contributed by atoms with van der Waals surface area (Å²) < 4.78 is 1.19. The minimum atomic E-state index is -0.629. The maximum Gasteiger partial charge on any atom is 0.273 e. The predicted molar refractivity (Wildman–Crippen MR) is 109 cm³/mol. The van der Waals surface area contributed by atoms with Gasteiger partial charge in [0.25, 0.3) is 11.5 Å². The van der Waals surface area contributed by atoms with Crippen LogP contribution in [0.25, 0.3) is 16.9 Å². The number of nitrogens with zero attached hydrogens (tertiary/aromatic N) is 2. The summed E-state index contributed by atoms with van der Waals surface area (Å²) in [6, 6.07) is 10.7. The summed E-state index contributed by atoms with van der Waals surface area (Å²) in [5, 5.41) is 9.66. The number of aromatic nitrogens is 3. The van der Waals surface area contributed by atoms with Crippen LogP contribution in [0.15, 0.2) is 47.4 Å². The summed E-state index contributed by atoms with van der Waals surface area (Å²) in [6.45, 7) is 0. The van der Waals surface area contributed by atoms with Crippen molar-refractivity contribution in [1.29, 1.82) is 0 Å². The molecule has 1 aromatic carbocycles. The molecular weight excluding hydrogens is 598 g/mol. The first-order valence-corrected chi connectivity index (χ1v) is 9.08. The zero-order chi connectivity index (χ0) is 19.6. The molecule has 0 atom stereocenters. The summed E-state index contributed by atoms with van der Waals surface area (Å²) in [5.41, 5.74) is 6.69. The van der Waals surface area contributed by atoms with Crippen LogP contribution in [-0.2, 0) is 0 Å². The fourth-order valence-corrected chi connectivity index (χ4v) is 2.98. The Balaban J connectivity index is 0.000000671. The van der Waals surface area contributed by atoms with E-state index in [1.54, 1.807) is 0 Å². The number of carbonyl (C=O) groups excluding carboxylic acids is 1. The number of hydrogen-bond donors (Lipinski definition) is 3. The number of benzene rings is 1. The van der Waals surface area contributed by atoms with Gasteiger partial charge in [0, 0.05) is 56.0 Å². The molecule has 1 saturated carbocycles. The molecule has 8 nitrogen and oxygen atoms in total. The molecular formula is C20H28N4O4U. The topological polar surface area (TPSA) is 145 Å². The number of H-pyrrole nitrogens is 1. The van der Waals surface area contributed by atoms with Crippen molar-refractivity contribution in [2.24, 2.45) is 5.73 Å². The first kappa shape index (κ1) is 27.1. The van der Waals surface area contributed by atoms with Crippen molar-refractivity contribution in [3.63, 3.8) is 0 Å².